The van der Waals surface area contributed by atoms with Crippen molar-refractivity contribution in [3.63, 3.8) is 0 Å². The van der Waals surface area contributed by atoms with E-state index in [0.29, 0.717) is 49.6 Å². The van der Waals surface area contributed by atoms with Crippen LogP contribution in [0, 0.1) is 16.2 Å². The zero-order valence-corrected chi connectivity index (χ0v) is 29.2. The summed E-state index contributed by atoms with van der Waals surface area (Å²) >= 11 is 0. The highest BCUT2D eigenvalue weighted by Crippen LogP contribution is 2.68. The van der Waals surface area contributed by atoms with Crippen molar-refractivity contribution >= 4 is 23.5 Å². The average Bonchev–Trinajstić information content (AvgIpc) is 3.36. The van der Waals surface area contributed by atoms with Gasteiger partial charge in [-0.25, -0.2) is 4.79 Å². The number of carbonyl (C=O) groups is 3. The SMILES string of the molecule is CNC(CCCCC(=N)N)C(=O)CCC(C)(C)C(C)(C)N(C)C(=O)Oc1ccc2c3c1OC1C(=O)CC[C@@]4(C)[C@@H](C2)N(C)CCC314. The van der Waals surface area contributed by atoms with Gasteiger partial charge in [0.25, 0.3) is 0 Å². The topological polar surface area (TPSA) is 138 Å². The molecule has 1 saturated carbocycles. The third-order valence-electron chi connectivity index (χ3n) is 13.0. The van der Waals surface area contributed by atoms with Crippen LogP contribution in [0.15, 0.2) is 12.1 Å². The number of ether oxygens (including phenoxy) is 2. The largest absolute Gasteiger partial charge is 0.477 e. The molecule has 5 rings (SSSR count). The van der Waals surface area contributed by atoms with Gasteiger partial charge in [0, 0.05) is 43.5 Å². The third kappa shape index (κ3) is 5.33. The molecule has 1 aromatic carbocycles. The van der Waals surface area contributed by atoms with Gasteiger partial charge in [-0.1, -0.05) is 33.3 Å². The molecule has 3 unspecified atom stereocenters. The Morgan fingerprint density at radius 3 is 2.61 bits per heavy atom. The van der Waals surface area contributed by atoms with Gasteiger partial charge >= 0.3 is 6.09 Å². The number of Topliss-reactive ketones (excluding diaryl/α,β-unsaturated/α-hetero) is 2. The Labute approximate surface area is 274 Å². The van der Waals surface area contributed by atoms with Gasteiger partial charge in [0.1, 0.15) is 5.78 Å². The van der Waals surface area contributed by atoms with Gasteiger partial charge in [0.15, 0.2) is 23.4 Å². The van der Waals surface area contributed by atoms with Crippen molar-refractivity contribution in [1.29, 1.82) is 5.41 Å². The normalized spacial score (nSPS) is 27.4. The molecule has 1 amide bonds. The van der Waals surface area contributed by atoms with Gasteiger partial charge in [0.05, 0.1) is 17.3 Å². The highest BCUT2D eigenvalue weighted by Gasteiger charge is 2.71. The fourth-order valence-electron chi connectivity index (χ4n) is 8.95. The number of ketones is 2. The summed E-state index contributed by atoms with van der Waals surface area (Å²) in [4.78, 5) is 44.5. The monoisotopic (exact) mass is 637 g/mol. The van der Waals surface area contributed by atoms with Crippen molar-refractivity contribution in [2.24, 2.45) is 16.6 Å². The molecule has 2 aliphatic heterocycles. The molecule has 0 radical (unpaired) electrons. The number of hydrogen-bond donors (Lipinski definition) is 3. The Bertz CT molecular complexity index is 1410. The van der Waals surface area contributed by atoms with E-state index in [1.165, 1.54) is 5.56 Å². The minimum atomic E-state index is -0.654. The van der Waals surface area contributed by atoms with Crippen molar-refractivity contribution in [1.82, 2.24) is 15.1 Å². The summed E-state index contributed by atoms with van der Waals surface area (Å²) in [6, 6.07) is 3.99. The maximum atomic E-state index is 13.8. The molecule has 2 aliphatic carbocycles. The Balaban J connectivity index is 1.31. The van der Waals surface area contributed by atoms with Crippen LogP contribution in [-0.4, -0.2) is 84.7 Å². The number of benzene rings is 1. The molecule has 0 aromatic heterocycles. The van der Waals surface area contributed by atoms with E-state index in [9.17, 15) is 14.4 Å². The number of unbranched alkanes of at least 4 members (excludes halogenated alkanes) is 1. The van der Waals surface area contributed by atoms with Crippen molar-refractivity contribution < 1.29 is 23.9 Å². The summed E-state index contributed by atoms with van der Waals surface area (Å²) in [5.41, 5.74) is 6.18. The molecular formula is C36H55N5O5. The van der Waals surface area contributed by atoms with Gasteiger partial charge in [-0.15, -0.1) is 0 Å². The predicted octanol–water partition coefficient (Wildman–Crippen LogP) is 4.98. The first kappa shape index (κ1) is 34.4. The number of nitrogens with zero attached hydrogens (tertiary/aromatic N) is 2. The van der Waals surface area contributed by atoms with Crippen molar-refractivity contribution in [2.75, 3.05) is 27.7 Å². The maximum Gasteiger partial charge on any atom is 0.415 e. The Kier molecular flexibility index (Phi) is 9.14. The number of hydrogen-bond acceptors (Lipinski definition) is 8. The van der Waals surface area contributed by atoms with Crippen LogP contribution in [0.25, 0.3) is 0 Å². The molecule has 1 spiro atoms. The molecule has 254 valence electrons. The zero-order valence-electron chi connectivity index (χ0n) is 29.2. The van der Waals surface area contributed by atoms with Gasteiger partial charge < -0.3 is 30.3 Å². The quantitative estimate of drug-likeness (QED) is 0.156. The second kappa shape index (κ2) is 12.2. The number of nitrogens with one attached hydrogen (secondary N) is 2. The Morgan fingerprint density at radius 2 is 1.93 bits per heavy atom. The second-order valence-corrected chi connectivity index (χ2v) is 15.7. The molecule has 2 bridgehead atoms. The van der Waals surface area contributed by atoms with Gasteiger partial charge in [-0.3, -0.25) is 15.0 Å². The number of nitrogens with two attached hydrogens (primary N) is 1. The summed E-state index contributed by atoms with van der Waals surface area (Å²) in [6.07, 6.45) is 5.88. The van der Waals surface area contributed by atoms with Crippen molar-refractivity contribution in [3.8, 4) is 11.5 Å². The summed E-state index contributed by atoms with van der Waals surface area (Å²) < 4.78 is 12.7. The van der Waals surface area contributed by atoms with Gasteiger partial charge in [-0.05, 0) is 95.5 Å². The molecule has 4 aliphatic rings. The van der Waals surface area contributed by atoms with Crippen LogP contribution in [-0.2, 0) is 21.4 Å². The summed E-state index contributed by atoms with van der Waals surface area (Å²) in [7, 11) is 5.74. The molecule has 46 heavy (non-hydrogen) atoms. The molecule has 10 heteroatoms. The number of amidine groups is 1. The second-order valence-electron chi connectivity index (χ2n) is 15.7. The van der Waals surface area contributed by atoms with E-state index in [0.717, 1.165) is 44.2 Å². The van der Waals surface area contributed by atoms with E-state index in [2.05, 4.69) is 44.1 Å². The molecule has 1 aromatic rings. The third-order valence-corrected chi connectivity index (χ3v) is 13.0. The van der Waals surface area contributed by atoms with Crippen LogP contribution >= 0.6 is 0 Å². The highest BCUT2D eigenvalue weighted by molar-refractivity contribution is 5.90. The van der Waals surface area contributed by atoms with Crippen LogP contribution in [0.2, 0.25) is 0 Å². The van der Waals surface area contributed by atoms with Crippen LogP contribution in [0.5, 0.6) is 11.5 Å². The van der Waals surface area contributed by atoms with Crippen molar-refractivity contribution in [3.05, 3.63) is 23.3 Å². The van der Waals surface area contributed by atoms with Gasteiger partial charge in [0.2, 0.25) is 0 Å². The number of rotatable bonds is 13. The van der Waals surface area contributed by atoms with Crippen LogP contribution < -0.4 is 20.5 Å². The summed E-state index contributed by atoms with van der Waals surface area (Å²) in [5.74, 6) is 1.41. The average molecular weight is 638 g/mol. The summed E-state index contributed by atoms with van der Waals surface area (Å²) in [5, 5.41) is 10.5. The molecular weight excluding hydrogens is 582 g/mol. The predicted molar refractivity (Wildman–Crippen MR) is 179 cm³/mol. The lowest BCUT2D eigenvalue weighted by atomic mass is 9.44. The lowest BCUT2D eigenvalue weighted by Crippen LogP contribution is -2.70. The van der Waals surface area contributed by atoms with Crippen LogP contribution in [0.1, 0.15) is 104 Å². The van der Waals surface area contributed by atoms with E-state index in [1.807, 2.05) is 19.9 Å². The molecule has 1 saturated heterocycles. The number of likely N-dealkylation sites (N-methyl/N-ethyl adjacent to an activating group) is 2. The molecule has 10 nitrogen and oxygen atoms in total. The Hall–Kier alpha value is -2.98. The number of carbonyl (C=O) groups excluding carboxylic acids is 3. The smallest absolute Gasteiger partial charge is 0.415 e. The lowest BCUT2D eigenvalue weighted by Gasteiger charge is -2.63. The fourth-order valence-corrected chi connectivity index (χ4v) is 8.95. The molecule has 2 fully saturated rings. The lowest BCUT2D eigenvalue weighted by molar-refractivity contribution is -0.150. The zero-order chi connectivity index (χ0) is 33.8. The molecule has 4 N–H and O–H groups in total. The highest BCUT2D eigenvalue weighted by atomic mass is 16.6. The van der Waals surface area contributed by atoms with Crippen LogP contribution in [0.3, 0.4) is 0 Å². The number of likely N-dealkylation sites (tertiary alicyclic amines) is 1. The minimum Gasteiger partial charge on any atom is -0.477 e. The van der Waals surface area contributed by atoms with Gasteiger partial charge in [-0.2, -0.15) is 0 Å². The first-order chi connectivity index (χ1) is 21.5. The van der Waals surface area contributed by atoms with E-state index < -0.39 is 28.6 Å². The first-order valence-corrected chi connectivity index (χ1v) is 17.1. The summed E-state index contributed by atoms with van der Waals surface area (Å²) in [6.45, 7) is 11.4. The molecule has 5 atom stereocenters. The molecule has 2 heterocycles. The van der Waals surface area contributed by atoms with E-state index >= 15 is 0 Å². The van der Waals surface area contributed by atoms with E-state index in [-0.39, 0.29) is 28.9 Å². The maximum absolute atomic E-state index is 13.8. The van der Waals surface area contributed by atoms with Crippen LogP contribution in [0.4, 0.5) is 4.79 Å². The van der Waals surface area contributed by atoms with E-state index in [4.69, 9.17) is 20.6 Å². The first-order valence-electron chi connectivity index (χ1n) is 17.1. The minimum absolute atomic E-state index is 0.0967. The standard InChI is InChI=1S/C36H55N5O5/c1-33(2,17-15-24(42)23(39-6)11-9-10-12-28(37)38)34(3,4)41(8)32(44)45-26-14-13-22-21-27-35(5)18-16-25(43)31-36(35,19-20-40(27)7)29(22)30(26)46-31/h13-14,23,27,31,39H,9-12,15-21H2,1-8H3,(H3,37,38)/t23?,27-,31?,35+,36?/m1/s1. The van der Waals surface area contributed by atoms with Crippen molar-refractivity contribution in [2.45, 2.75) is 128 Å². The number of amides is 1. The van der Waals surface area contributed by atoms with E-state index in [1.54, 1.807) is 19.0 Å². The Morgan fingerprint density at radius 1 is 1.22 bits per heavy atom. The number of piperidine rings is 1. The fraction of sp³-hybridized carbons (Fsp3) is 0.722.